The predicted octanol–water partition coefficient (Wildman–Crippen LogP) is 1.97. The Balaban J connectivity index is 1.56. The smallest absolute Gasteiger partial charge is 0.223 e. The van der Waals surface area contributed by atoms with E-state index in [0.717, 1.165) is 51.0 Å². The van der Waals surface area contributed by atoms with E-state index >= 15 is 0 Å². The highest BCUT2D eigenvalue weighted by molar-refractivity contribution is 5.76. The number of hydrogen-bond donors (Lipinski definition) is 1. The molecule has 1 amide bonds. The molecule has 1 heterocycles. The minimum Gasteiger partial charge on any atom is -0.343 e. The predicted molar refractivity (Wildman–Crippen MR) is 73.4 cm³/mol. The molecule has 1 aliphatic heterocycles. The van der Waals surface area contributed by atoms with Crippen LogP contribution in [0.4, 0.5) is 4.39 Å². The van der Waals surface area contributed by atoms with Gasteiger partial charge in [0.15, 0.2) is 0 Å². The van der Waals surface area contributed by atoms with Gasteiger partial charge in [-0.25, -0.2) is 4.39 Å². The van der Waals surface area contributed by atoms with E-state index in [9.17, 15) is 9.18 Å². The lowest BCUT2D eigenvalue weighted by molar-refractivity contribution is -0.130. The summed E-state index contributed by atoms with van der Waals surface area (Å²) >= 11 is 0. The Morgan fingerprint density at radius 2 is 1.84 bits per heavy atom. The van der Waals surface area contributed by atoms with Gasteiger partial charge in [-0.2, -0.15) is 0 Å². The first-order chi connectivity index (χ1) is 9.25. The zero-order valence-electron chi connectivity index (χ0n) is 11.2. The maximum Gasteiger partial charge on any atom is 0.223 e. The van der Waals surface area contributed by atoms with Crippen molar-refractivity contribution in [3.8, 4) is 0 Å². The normalized spacial score (nSPS) is 14.9. The second kappa shape index (κ2) is 7.24. The van der Waals surface area contributed by atoms with Crippen molar-refractivity contribution < 1.29 is 9.18 Å². The average Bonchev–Trinajstić information content (AvgIpc) is 2.94. The molecule has 0 saturated carbocycles. The summed E-state index contributed by atoms with van der Waals surface area (Å²) in [6, 6.07) is 6.55. The van der Waals surface area contributed by atoms with Crippen LogP contribution in [0.5, 0.6) is 0 Å². The zero-order chi connectivity index (χ0) is 13.5. The quantitative estimate of drug-likeness (QED) is 0.797. The van der Waals surface area contributed by atoms with Crippen molar-refractivity contribution in [3.63, 3.8) is 0 Å². The molecule has 19 heavy (non-hydrogen) atoms. The SMILES string of the molecule is O=C(CCNCCc1ccc(F)cc1)N1CCCC1. The molecular formula is C15H21FN2O. The fraction of sp³-hybridized carbons (Fsp3) is 0.533. The lowest BCUT2D eigenvalue weighted by Crippen LogP contribution is -2.31. The van der Waals surface area contributed by atoms with Gasteiger partial charge in [0.25, 0.3) is 0 Å². The van der Waals surface area contributed by atoms with E-state index < -0.39 is 0 Å². The van der Waals surface area contributed by atoms with Crippen molar-refractivity contribution in [1.82, 2.24) is 10.2 Å². The second-order valence-electron chi connectivity index (χ2n) is 4.96. The number of hydrogen-bond acceptors (Lipinski definition) is 2. The molecule has 1 saturated heterocycles. The van der Waals surface area contributed by atoms with Gasteiger partial charge < -0.3 is 10.2 Å². The van der Waals surface area contributed by atoms with Crippen molar-refractivity contribution in [3.05, 3.63) is 35.6 Å². The third-order valence-electron chi connectivity index (χ3n) is 3.48. The fourth-order valence-electron chi connectivity index (χ4n) is 2.33. The largest absolute Gasteiger partial charge is 0.343 e. The van der Waals surface area contributed by atoms with Crippen LogP contribution in [0.3, 0.4) is 0 Å². The third-order valence-corrected chi connectivity index (χ3v) is 3.48. The number of likely N-dealkylation sites (tertiary alicyclic amines) is 1. The monoisotopic (exact) mass is 264 g/mol. The number of amides is 1. The number of halogens is 1. The van der Waals surface area contributed by atoms with Crippen LogP contribution in [0.15, 0.2) is 24.3 Å². The summed E-state index contributed by atoms with van der Waals surface area (Å²) in [6.07, 6.45) is 3.72. The van der Waals surface area contributed by atoms with Gasteiger partial charge in [0.05, 0.1) is 0 Å². The highest BCUT2D eigenvalue weighted by atomic mass is 19.1. The van der Waals surface area contributed by atoms with Crippen LogP contribution < -0.4 is 5.32 Å². The molecule has 1 aromatic rings. The molecule has 0 spiro atoms. The highest BCUT2D eigenvalue weighted by Crippen LogP contribution is 2.08. The van der Waals surface area contributed by atoms with E-state index in [4.69, 9.17) is 0 Å². The van der Waals surface area contributed by atoms with Crippen LogP contribution in [-0.2, 0) is 11.2 Å². The summed E-state index contributed by atoms with van der Waals surface area (Å²) in [5.74, 6) is 0.0553. The Hall–Kier alpha value is -1.42. The second-order valence-corrected chi connectivity index (χ2v) is 4.96. The number of carbonyl (C=O) groups excluding carboxylic acids is 1. The highest BCUT2D eigenvalue weighted by Gasteiger charge is 2.16. The van der Waals surface area contributed by atoms with Gasteiger partial charge in [-0.1, -0.05) is 12.1 Å². The fourth-order valence-corrected chi connectivity index (χ4v) is 2.33. The van der Waals surface area contributed by atoms with Crippen LogP contribution in [0.25, 0.3) is 0 Å². The van der Waals surface area contributed by atoms with Crippen LogP contribution >= 0.6 is 0 Å². The van der Waals surface area contributed by atoms with Gasteiger partial charge in [-0.15, -0.1) is 0 Å². The van der Waals surface area contributed by atoms with Crippen LogP contribution in [0.2, 0.25) is 0 Å². The molecule has 0 atom stereocenters. The molecule has 1 N–H and O–H groups in total. The number of nitrogens with zero attached hydrogens (tertiary/aromatic N) is 1. The molecule has 1 aliphatic rings. The maximum absolute atomic E-state index is 12.7. The lowest BCUT2D eigenvalue weighted by Gasteiger charge is -2.15. The van der Waals surface area contributed by atoms with Gasteiger partial charge in [0, 0.05) is 26.1 Å². The standard InChI is InChI=1S/C15H21FN2O/c16-14-5-3-13(4-6-14)7-9-17-10-8-15(19)18-11-1-2-12-18/h3-6,17H,1-2,7-12H2. The average molecular weight is 264 g/mol. The van der Waals surface area contributed by atoms with Gasteiger partial charge in [0.2, 0.25) is 5.91 Å². The first-order valence-corrected chi connectivity index (χ1v) is 6.98. The Kier molecular flexibility index (Phi) is 5.33. The van der Waals surface area contributed by atoms with Crippen LogP contribution in [0.1, 0.15) is 24.8 Å². The van der Waals surface area contributed by atoms with E-state index in [0.29, 0.717) is 6.42 Å². The summed E-state index contributed by atoms with van der Waals surface area (Å²) < 4.78 is 12.7. The van der Waals surface area contributed by atoms with Crippen molar-refractivity contribution in [2.45, 2.75) is 25.7 Å². The molecule has 104 valence electrons. The zero-order valence-corrected chi connectivity index (χ0v) is 11.2. The van der Waals surface area contributed by atoms with E-state index in [-0.39, 0.29) is 11.7 Å². The summed E-state index contributed by atoms with van der Waals surface area (Å²) in [5, 5.41) is 3.26. The first kappa shape index (κ1) is 14.0. The first-order valence-electron chi connectivity index (χ1n) is 6.98. The molecule has 1 fully saturated rings. The molecule has 0 bridgehead atoms. The Bertz CT molecular complexity index is 399. The van der Waals surface area contributed by atoms with Gasteiger partial charge >= 0.3 is 0 Å². The summed E-state index contributed by atoms with van der Waals surface area (Å²) in [5.41, 5.74) is 1.11. The molecule has 0 aliphatic carbocycles. The minimum atomic E-state index is -0.201. The van der Waals surface area contributed by atoms with Crippen molar-refractivity contribution >= 4 is 5.91 Å². The van der Waals surface area contributed by atoms with Crippen molar-refractivity contribution in [2.24, 2.45) is 0 Å². The lowest BCUT2D eigenvalue weighted by atomic mass is 10.1. The van der Waals surface area contributed by atoms with E-state index in [1.165, 1.54) is 12.1 Å². The van der Waals surface area contributed by atoms with E-state index in [1.54, 1.807) is 12.1 Å². The summed E-state index contributed by atoms with van der Waals surface area (Å²) in [7, 11) is 0. The Morgan fingerprint density at radius 3 is 2.53 bits per heavy atom. The molecule has 0 unspecified atom stereocenters. The summed E-state index contributed by atoms with van der Waals surface area (Å²) in [4.78, 5) is 13.7. The number of carbonyl (C=O) groups is 1. The number of rotatable bonds is 6. The van der Waals surface area contributed by atoms with Gasteiger partial charge in [-0.05, 0) is 43.5 Å². The maximum atomic E-state index is 12.7. The van der Waals surface area contributed by atoms with Crippen molar-refractivity contribution in [2.75, 3.05) is 26.2 Å². The molecule has 0 aromatic heterocycles. The van der Waals surface area contributed by atoms with Crippen LogP contribution in [-0.4, -0.2) is 37.0 Å². The van der Waals surface area contributed by atoms with Gasteiger partial charge in [-0.3, -0.25) is 4.79 Å². The Labute approximate surface area is 113 Å². The third kappa shape index (κ3) is 4.63. The minimum absolute atomic E-state index is 0.201. The molecule has 0 radical (unpaired) electrons. The number of nitrogens with one attached hydrogen (secondary N) is 1. The summed E-state index contributed by atoms with van der Waals surface area (Å²) in [6.45, 7) is 3.39. The van der Waals surface area contributed by atoms with Crippen molar-refractivity contribution in [1.29, 1.82) is 0 Å². The molecule has 4 heteroatoms. The Morgan fingerprint density at radius 1 is 1.16 bits per heavy atom. The van der Waals surface area contributed by atoms with Gasteiger partial charge in [0.1, 0.15) is 5.82 Å². The topological polar surface area (TPSA) is 32.3 Å². The molecule has 2 rings (SSSR count). The molecular weight excluding hydrogens is 243 g/mol. The van der Waals surface area contributed by atoms with E-state index in [1.807, 2.05) is 4.90 Å². The number of benzene rings is 1. The molecule has 3 nitrogen and oxygen atoms in total. The molecule has 1 aromatic carbocycles. The van der Waals surface area contributed by atoms with Crippen LogP contribution in [0, 0.1) is 5.82 Å². The van der Waals surface area contributed by atoms with E-state index in [2.05, 4.69) is 5.32 Å².